The number of carbonyl (C=O) groups is 1. The van der Waals surface area contributed by atoms with Crippen LogP contribution in [0, 0.1) is 13.8 Å². The van der Waals surface area contributed by atoms with Gasteiger partial charge >= 0.3 is 6.18 Å². The minimum atomic E-state index is -4.40. The first-order valence-corrected chi connectivity index (χ1v) is 10.9. The zero-order valence-electron chi connectivity index (χ0n) is 17.4. The van der Waals surface area contributed by atoms with Crippen LogP contribution in [0.4, 0.5) is 18.3 Å². The molecule has 0 radical (unpaired) electrons. The van der Waals surface area contributed by atoms with Gasteiger partial charge in [-0.1, -0.05) is 41.1 Å². The monoisotopic (exact) mass is 491 g/mol. The van der Waals surface area contributed by atoms with E-state index in [1.807, 2.05) is 0 Å². The van der Waals surface area contributed by atoms with Gasteiger partial charge in [-0.05, 0) is 43.7 Å². The lowest BCUT2D eigenvalue weighted by Crippen LogP contribution is -2.14. The van der Waals surface area contributed by atoms with Crippen molar-refractivity contribution in [3.8, 4) is 5.69 Å². The molecule has 0 saturated heterocycles. The molecule has 0 aliphatic rings. The Kier molecular flexibility index (Phi) is 6.22. The molecule has 4 aromatic rings. The molecule has 0 atom stereocenters. The highest BCUT2D eigenvalue weighted by atomic mass is 35.5. The molecule has 4 rings (SSSR count). The van der Waals surface area contributed by atoms with E-state index < -0.39 is 17.6 Å². The van der Waals surface area contributed by atoms with Crippen molar-refractivity contribution in [3.05, 3.63) is 86.6 Å². The maximum atomic E-state index is 13.0. The van der Waals surface area contributed by atoms with Crippen molar-refractivity contribution in [3.63, 3.8) is 0 Å². The highest BCUT2D eigenvalue weighted by molar-refractivity contribution is 7.15. The minimum absolute atomic E-state index is 0.127. The lowest BCUT2D eigenvalue weighted by Gasteiger charge is -2.08. The maximum absolute atomic E-state index is 13.0. The Hall–Kier alpha value is -3.24. The molecule has 1 amide bonds. The normalized spacial score (nSPS) is 11.6. The lowest BCUT2D eigenvalue weighted by atomic mass is 10.1. The Morgan fingerprint density at radius 3 is 2.64 bits per heavy atom. The number of rotatable bonds is 5. The smallest absolute Gasteiger partial charge is 0.296 e. The SMILES string of the molecule is Cc1nc(NC(=O)c2nnn(-c3cccc(Cl)c3)c2C)sc1Cc1cccc(C(F)(F)F)c1. The summed E-state index contributed by atoms with van der Waals surface area (Å²) in [7, 11) is 0. The number of carbonyl (C=O) groups excluding carboxylic acids is 1. The number of aromatic nitrogens is 4. The van der Waals surface area contributed by atoms with Crippen molar-refractivity contribution >= 4 is 34.0 Å². The van der Waals surface area contributed by atoms with Gasteiger partial charge in [-0.2, -0.15) is 13.2 Å². The maximum Gasteiger partial charge on any atom is 0.416 e. The van der Waals surface area contributed by atoms with Crippen molar-refractivity contribution < 1.29 is 18.0 Å². The first-order valence-electron chi connectivity index (χ1n) is 9.74. The minimum Gasteiger partial charge on any atom is -0.296 e. The summed E-state index contributed by atoms with van der Waals surface area (Å²) in [5.41, 5.74) is 1.75. The Morgan fingerprint density at radius 2 is 1.91 bits per heavy atom. The van der Waals surface area contributed by atoms with E-state index in [2.05, 4.69) is 20.6 Å². The summed E-state index contributed by atoms with van der Waals surface area (Å²) in [4.78, 5) is 17.9. The van der Waals surface area contributed by atoms with Crippen molar-refractivity contribution in [2.45, 2.75) is 26.4 Å². The van der Waals surface area contributed by atoms with Crippen LogP contribution >= 0.6 is 22.9 Å². The predicted octanol–water partition coefficient (Wildman–Crippen LogP) is 5.86. The Bertz CT molecular complexity index is 1330. The van der Waals surface area contributed by atoms with Gasteiger partial charge in [-0.15, -0.1) is 16.4 Å². The molecule has 2 heterocycles. The number of anilines is 1. The van der Waals surface area contributed by atoms with Gasteiger partial charge in [0.2, 0.25) is 0 Å². The number of thiazole rings is 1. The predicted molar refractivity (Wildman–Crippen MR) is 120 cm³/mol. The van der Waals surface area contributed by atoms with E-state index in [1.165, 1.54) is 22.1 Å². The second kappa shape index (κ2) is 8.95. The summed E-state index contributed by atoms with van der Waals surface area (Å²) in [5.74, 6) is -0.486. The van der Waals surface area contributed by atoms with Crippen LogP contribution in [0.1, 0.15) is 37.9 Å². The Morgan fingerprint density at radius 1 is 1.15 bits per heavy atom. The first kappa shape index (κ1) is 22.9. The van der Waals surface area contributed by atoms with Crippen LogP contribution < -0.4 is 5.32 Å². The van der Waals surface area contributed by atoms with Gasteiger partial charge in [0, 0.05) is 16.3 Å². The zero-order valence-corrected chi connectivity index (χ0v) is 19.0. The van der Waals surface area contributed by atoms with Crippen LogP contribution in [0.15, 0.2) is 48.5 Å². The van der Waals surface area contributed by atoms with E-state index in [1.54, 1.807) is 44.2 Å². The fraction of sp³-hybridized carbons (Fsp3) is 0.182. The molecule has 0 bridgehead atoms. The van der Waals surface area contributed by atoms with Gasteiger partial charge in [0.1, 0.15) is 0 Å². The average Bonchev–Trinajstić information content (AvgIpc) is 3.29. The molecule has 0 unspecified atom stereocenters. The molecule has 170 valence electrons. The van der Waals surface area contributed by atoms with Crippen LogP contribution in [0.25, 0.3) is 5.69 Å². The third kappa shape index (κ3) is 5.07. The Labute approximate surface area is 196 Å². The summed E-state index contributed by atoms with van der Waals surface area (Å²) >= 11 is 7.23. The number of nitrogens with zero attached hydrogens (tertiary/aromatic N) is 4. The van der Waals surface area contributed by atoms with Crippen LogP contribution in [0.5, 0.6) is 0 Å². The molecule has 0 saturated carbocycles. The van der Waals surface area contributed by atoms with Crippen molar-refractivity contribution in [2.75, 3.05) is 5.32 Å². The van der Waals surface area contributed by atoms with Crippen LogP contribution in [0.3, 0.4) is 0 Å². The molecule has 2 aromatic carbocycles. The number of amides is 1. The second-order valence-electron chi connectivity index (χ2n) is 7.27. The standard InChI is InChI=1S/C22H17ClF3N5OS/c1-12-18(10-14-5-3-6-15(9-14)22(24,25)26)33-21(27-12)28-20(32)19-13(2)31(30-29-19)17-8-4-7-16(23)11-17/h3-9,11H,10H2,1-2H3,(H,27,28,32). The highest BCUT2D eigenvalue weighted by Crippen LogP contribution is 2.31. The highest BCUT2D eigenvalue weighted by Gasteiger charge is 2.30. The van der Waals surface area contributed by atoms with Gasteiger partial charge in [0.25, 0.3) is 5.91 Å². The van der Waals surface area contributed by atoms with E-state index in [0.29, 0.717) is 32.8 Å². The number of nitrogens with one attached hydrogen (secondary N) is 1. The molecule has 0 aliphatic heterocycles. The average molecular weight is 492 g/mol. The molecule has 33 heavy (non-hydrogen) atoms. The fourth-order valence-electron chi connectivity index (χ4n) is 3.24. The molecular formula is C22H17ClF3N5OS. The fourth-order valence-corrected chi connectivity index (χ4v) is 4.41. The van der Waals surface area contributed by atoms with Crippen molar-refractivity contribution in [2.24, 2.45) is 0 Å². The topological polar surface area (TPSA) is 72.7 Å². The molecule has 1 N–H and O–H groups in total. The molecular weight excluding hydrogens is 475 g/mol. The first-order chi connectivity index (χ1) is 15.6. The molecule has 0 aliphatic carbocycles. The van der Waals surface area contributed by atoms with Crippen molar-refractivity contribution in [1.29, 1.82) is 0 Å². The molecule has 0 fully saturated rings. The van der Waals surface area contributed by atoms with Gasteiger partial charge < -0.3 is 0 Å². The molecule has 11 heteroatoms. The molecule has 2 aromatic heterocycles. The number of aryl methyl sites for hydroxylation is 1. The zero-order chi connectivity index (χ0) is 23.8. The van der Waals surface area contributed by atoms with Gasteiger partial charge in [0.05, 0.1) is 22.6 Å². The number of alkyl halides is 3. The lowest BCUT2D eigenvalue weighted by molar-refractivity contribution is -0.137. The van der Waals surface area contributed by atoms with E-state index >= 15 is 0 Å². The van der Waals surface area contributed by atoms with Crippen LogP contribution in [-0.2, 0) is 12.6 Å². The van der Waals surface area contributed by atoms with Crippen LogP contribution in [0.2, 0.25) is 5.02 Å². The quantitative estimate of drug-likeness (QED) is 0.380. The third-order valence-corrected chi connectivity index (χ3v) is 6.20. The molecule has 6 nitrogen and oxygen atoms in total. The number of hydrogen-bond acceptors (Lipinski definition) is 5. The van der Waals surface area contributed by atoms with E-state index in [0.717, 1.165) is 17.0 Å². The van der Waals surface area contributed by atoms with Gasteiger partial charge in [-0.25, -0.2) is 9.67 Å². The van der Waals surface area contributed by atoms with Crippen LogP contribution in [-0.4, -0.2) is 25.9 Å². The summed E-state index contributed by atoms with van der Waals surface area (Å²) in [5, 5.41) is 11.6. The second-order valence-corrected chi connectivity index (χ2v) is 8.79. The number of hydrogen-bond donors (Lipinski definition) is 1. The summed E-state index contributed by atoms with van der Waals surface area (Å²) in [6, 6.07) is 12.2. The van der Waals surface area contributed by atoms with Gasteiger partial charge in [0.15, 0.2) is 10.8 Å². The number of halogens is 4. The molecule has 0 spiro atoms. The summed E-state index contributed by atoms with van der Waals surface area (Å²) in [6.45, 7) is 3.46. The van der Waals surface area contributed by atoms with E-state index in [9.17, 15) is 18.0 Å². The largest absolute Gasteiger partial charge is 0.416 e. The van der Waals surface area contributed by atoms with E-state index in [-0.39, 0.29) is 12.1 Å². The summed E-state index contributed by atoms with van der Waals surface area (Å²) < 4.78 is 40.4. The third-order valence-electron chi connectivity index (χ3n) is 4.89. The number of benzene rings is 2. The van der Waals surface area contributed by atoms with Gasteiger partial charge in [-0.3, -0.25) is 10.1 Å². The Balaban J connectivity index is 1.51. The van der Waals surface area contributed by atoms with E-state index in [4.69, 9.17) is 11.6 Å². The summed E-state index contributed by atoms with van der Waals surface area (Å²) in [6.07, 6.45) is -4.13. The van der Waals surface area contributed by atoms with Crippen molar-refractivity contribution in [1.82, 2.24) is 20.0 Å².